The van der Waals surface area contributed by atoms with Gasteiger partial charge in [0, 0.05) is 30.8 Å². The first-order valence-corrected chi connectivity index (χ1v) is 8.58. The van der Waals surface area contributed by atoms with E-state index in [-0.39, 0.29) is 5.78 Å². The molecule has 0 spiro atoms. The molecule has 0 saturated heterocycles. The lowest BCUT2D eigenvalue weighted by Gasteiger charge is -2.17. The predicted molar refractivity (Wildman–Crippen MR) is 102 cm³/mol. The molecular weight excluding hydrogens is 314 g/mol. The lowest BCUT2D eigenvalue weighted by Crippen LogP contribution is -2.32. The zero-order valence-corrected chi connectivity index (χ0v) is 15.3. The Morgan fingerprint density at radius 1 is 1.24 bits per heavy atom. The lowest BCUT2D eigenvalue weighted by molar-refractivity contribution is -0.116. The van der Waals surface area contributed by atoms with Gasteiger partial charge in [-0.2, -0.15) is 0 Å². The van der Waals surface area contributed by atoms with Gasteiger partial charge in [0.05, 0.1) is 6.10 Å². The van der Waals surface area contributed by atoms with Gasteiger partial charge in [-0.05, 0) is 31.9 Å². The van der Waals surface area contributed by atoms with Gasteiger partial charge >= 0.3 is 0 Å². The number of nitrogen functional groups attached to an aromatic ring is 1. The molecule has 1 heterocycles. The number of aromatic nitrogens is 1. The van der Waals surface area contributed by atoms with Crippen LogP contribution in [0.4, 0.5) is 5.82 Å². The van der Waals surface area contributed by atoms with Crippen molar-refractivity contribution in [2.75, 3.05) is 12.3 Å². The number of aliphatic hydroxyl groups is 1. The molecule has 0 amide bonds. The van der Waals surface area contributed by atoms with Gasteiger partial charge in [0.2, 0.25) is 0 Å². The standard InChI is InChI=1S/C16H21N3O.C4H8O/c1-12(9-13-5-3-2-4-6-13)18-11-15(20)14-7-8-16(17)19-10-14;1-3-4(2)5/h2-8,10,12,15,18,20H,9,11H2,1H3,(H2,17,19);3H2,1-2H3/t12-,15+;/m1./s1. The van der Waals surface area contributed by atoms with Crippen LogP contribution in [0.5, 0.6) is 0 Å². The lowest BCUT2D eigenvalue weighted by atomic mass is 10.1. The predicted octanol–water partition coefficient (Wildman–Crippen LogP) is 2.90. The molecule has 0 bridgehead atoms. The van der Waals surface area contributed by atoms with Crippen molar-refractivity contribution in [3.05, 3.63) is 59.8 Å². The van der Waals surface area contributed by atoms with Crippen LogP contribution in [-0.2, 0) is 11.2 Å². The highest BCUT2D eigenvalue weighted by Crippen LogP contribution is 2.12. The minimum atomic E-state index is -0.568. The summed E-state index contributed by atoms with van der Waals surface area (Å²) >= 11 is 0. The van der Waals surface area contributed by atoms with E-state index >= 15 is 0 Å². The van der Waals surface area contributed by atoms with Gasteiger partial charge in [0.25, 0.3) is 0 Å². The van der Waals surface area contributed by atoms with Crippen LogP contribution in [0.2, 0.25) is 0 Å². The highest BCUT2D eigenvalue weighted by Gasteiger charge is 2.10. The molecular formula is C20H29N3O2. The van der Waals surface area contributed by atoms with Crippen molar-refractivity contribution < 1.29 is 9.90 Å². The number of hydrogen-bond donors (Lipinski definition) is 3. The molecule has 0 radical (unpaired) electrons. The SMILES string of the molecule is CCC(C)=O.C[C@H](Cc1ccccc1)NC[C@H](O)c1ccc(N)nc1. The number of aliphatic hydroxyl groups excluding tert-OH is 1. The summed E-state index contributed by atoms with van der Waals surface area (Å²) in [6.07, 6.45) is 2.65. The van der Waals surface area contributed by atoms with Crippen molar-refractivity contribution in [1.29, 1.82) is 0 Å². The number of pyridine rings is 1. The smallest absolute Gasteiger partial charge is 0.129 e. The number of anilines is 1. The molecule has 2 aromatic rings. The fraction of sp³-hybridized carbons (Fsp3) is 0.400. The number of benzene rings is 1. The first-order chi connectivity index (χ1) is 11.9. The maximum absolute atomic E-state index is 10.1. The molecule has 5 heteroatoms. The van der Waals surface area contributed by atoms with Gasteiger partial charge in [0.1, 0.15) is 11.6 Å². The van der Waals surface area contributed by atoms with Crippen LogP contribution in [0.25, 0.3) is 0 Å². The number of nitrogens with one attached hydrogen (secondary N) is 1. The molecule has 136 valence electrons. The van der Waals surface area contributed by atoms with Crippen LogP contribution in [0, 0.1) is 0 Å². The molecule has 2 atom stereocenters. The monoisotopic (exact) mass is 343 g/mol. The summed E-state index contributed by atoms with van der Waals surface area (Å²) in [6.45, 7) is 6.04. The van der Waals surface area contributed by atoms with E-state index in [1.807, 2.05) is 25.1 Å². The second-order valence-corrected chi connectivity index (χ2v) is 6.09. The Balaban J connectivity index is 0.000000550. The zero-order valence-electron chi connectivity index (χ0n) is 15.3. The minimum Gasteiger partial charge on any atom is -0.387 e. The summed E-state index contributed by atoms with van der Waals surface area (Å²) in [5, 5.41) is 13.4. The number of Topliss-reactive ketones (excluding diaryl/α,β-unsaturated/α-hetero) is 1. The Kier molecular flexibility index (Phi) is 9.43. The Labute approximate surface area is 150 Å². The van der Waals surface area contributed by atoms with E-state index in [0.29, 0.717) is 24.8 Å². The van der Waals surface area contributed by atoms with Gasteiger partial charge in [-0.3, -0.25) is 0 Å². The quantitative estimate of drug-likeness (QED) is 0.719. The average molecular weight is 343 g/mol. The normalized spacial score (nSPS) is 12.6. The summed E-state index contributed by atoms with van der Waals surface area (Å²) in [4.78, 5) is 13.8. The number of carbonyl (C=O) groups excluding carboxylic acids is 1. The summed E-state index contributed by atoms with van der Waals surface area (Å²) in [7, 11) is 0. The average Bonchev–Trinajstić information content (AvgIpc) is 2.61. The zero-order chi connectivity index (χ0) is 18.7. The van der Waals surface area contributed by atoms with Crippen molar-refractivity contribution in [1.82, 2.24) is 10.3 Å². The van der Waals surface area contributed by atoms with Crippen molar-refractivity contribution >= 4 is 11.6 Å². The van der Waals surface area contributed by atoms with E-state index in [0.717, 1.165) is 12.0 Å². The number of hydrogen-bond acceptors (Lipinski definition) is 5. The van der Waals surface area contributed by atoms with Crippen molar-refractivity contribution in [3.63, 3.8) is 0 Å². The Bertz CT molecular complexity index is 615. The number of ketones is 1. The first kappa shape index (κ1) is 20.8. The Morgan fingerprint density at radius 2 is 1.88 bits per heavy atom. The third kappa shape index (κ3) is 8.98. The molecule has 5 nitrogen and oxygen atoms in total. The van der Waals surface area contributed by atoms with Gasteiger partial charge < -0.3 is 21.0 Å². The fourth-order valence-corrected chi connectivity index (χ4v) is 2.08. The molecule has 4 N–H and O–H groups in total. The van der Waals surface area contributed by atoms with Crippen LogP contribution in [0.3, 0.4) is 0 Å². The van der Waals surface area contributed by atoms with Crippen molar-refractivity contribution in [2.24, 2.45) is 0 Å². The van der Waals surface area contributed by atoms with Crippen molar-refractivity contribution in [3.8, 4) is 0 Å². The molecule has 25 heavy (non-hydrogen) atoms. The maximum Gasteiger partial charge on any atom is 0.129 e. The highest BCUT2D eigenvalue weighted by atomic mass is 16.3. The number of rotatable bonds is 7. The van der Waals surface area contributed by atoms with Gasteiger partial charge in [-0.15, -0.1) is 0 Å². The number of nitrogens with zero attached hydrogens (tertiary/aromatic N) is 1. The summed E-state index contributed by atoms with van der Waals surface area (Å²) < 4.78 is 0. The van der Waals surface area contributed by atoms with Crippen LogP contribution >= 0.6 is 0 Å². The first-order valence-electron chi connectivity index (χ1n) is 8.58. The topological polar surface area (TPSA) is 88.2 Å². The molecule has 0 aliphatic heterocycles. The molecule has 0 fully saturated rings. The van der Waals surface area contributed by atoms with Crippen LogP contribution < -0.4 is 11.1 Å². The largest absolute Gasteiger partial charge is 0.387 e. The Hall–Kier alpha value is -2.24. The molecule has 1 aromatic carbocycles. The molecule has 0 saturated carbocycles. The maximum atomic E-state index is 10.1. The van der Waals surface area contributed by atoms with Gasteiger partial charge in [-0.25, -0.2) is 4.98 Å². The summed E-state index contributed by atoms with van der Waals surface area (Å²) in [5.41, 5.74) is 7.59. The molecule has 0 aliphatic carbocycles. The summed E-state index contributed by atoms with van der Waals surface area (Å²) in [5.74, 6) is 0.719. The molecule has 0 aliphatic rings. The highest BCUT2D eigenvalue weighted by molar-refractivity contribution is 5.74. The minimum absolute atomic E-state index is 0.255. The molecule has 2 rings (SSSR count). The van der Waals surface area contributed by atoms with Gasteiger partial charge in [0.15, 0.2) is 0 Å². The Morgan fingerprint density at radius 3 is 2.40 bits per heavy atom. The molecule has 1 aromatic heterocycles. The van der Waals surface area contributed by atoms with Crippen molar-refractivity contribution in [2.45, 2.75) is 45.8 Å². The van der Waals surface area contributed by atoms with E-state index in [9.17, 15) is 9.90 Å². The fourth-order valence-electron chi connectivity index (χ4n) is 2.08. The number of nitrogens with two attached hydrogens (primary N) is 1. The van der Waals surface area contributed by atoms with E-state index < -0.39 is 6.10 Å². The third-order valence-electron chi connectivity index (χ3n) is 3.74. The third-order valence-corrected chi connectivity index (χ3v) is 3.74. The van der Waals surface area contributed by atoms with E-state index in [4.69, 9.17) is 5.73 Å². The van der Waals surface area contributed by atoms with Crippen LogP contribution in [0.1, 0.15) is 44.4 Å². The second-order valence-electron chi connectivity index (χ2n) is 6.09. The molecule has 0 unspecified atom stereocenters. The number of carbonyl (C=O) groups is 1. The van der Waals surface area contributed by atoms with Crippen LogP contribution in [0.15, 0.2) is 48.7 Å². The van der Waals surface area contributed by atoms with E-state index in [2.05, 4.69) is 29.4 Å². The second kappa shape index (κ2) is 11.3. The van der Waals surface area contributed by atoms with Gasteiger partial charge in [-0.1, -0.05) is 43.3 Å². The summed E-state index contributed by atoms with van der Waals surface area (Å²) in [6, 6.07) is 14.1. The van der Waals surface area contributed by atoms with E-state index in [1.165, 1.54) is 5.56 Å². The van der Waals surface area contributed by atoms with E-state index in [1.54, 1.807) is 25.3 Å². The van der Waals surface area contributed by atoms with Crippen LogP contribution in [-0.4, -0.2) is 28.5 Å².